The molecule has 2 heteroatoms. The number of hydrogen-bond acceptors (Lipinski definition) is 2. The van der Waals surface area contributed by atoms with E-state index in [1.54, 1.807) is 0 Å². The van der Waals surface area contributed by atoms with Crippen molar-refractivity contribution in [3.8, 4) is 0 Å². The highest BCUT2D eigenvalue weighted by molar-refractivity contribution is 4.92. The van der Waals surface area contributed by atoms with Crippen LogP contribution in [0, 0.1) is 5.41 Å². The van der Waals surface area contributed by atoms with E-state index in [0.29, 0.717) is 11.5 Å². The molecular weight excluding hydrogens is 148 g/mol. The average molecular weight is 168 g/mol. The predicted molar refractivity (Wildman–Crippen MR) is 51.2 cm³/mol. The largest absolute Gasteiger partial charge is 0.312 e. The van der Waals surface area contributed by atoms with Crippen LogP contribution in [0.4, 0.5) is 0 Å². The highest BCUT2D eigenvalue weighted by Gasteiger charge is 2.39. The molecule has 1 atom stereocenters. The van der Waals surface area contributed by atoms with Crippen molar-refractivity contribution < 1.29 is 0 Å². The van der Waals surface area contributed by atoms with E-state index in [1.165, 1.54) is 39.0 Å². The summed E-state index contributed by atoms with van der Waals surface area (Å²) in [6, 6.07) is 0.695. The summed E-state index contributed by atoms with van der Waals surface area (Å²) in [4.78, 5) is 2.62. The Balaban J connectivity index is 1.79. The van der Waals surface area contributed by atoms with Gasteiger partial charge in [0.25, 0.3) is 0 Å². The monoisotopic (exact) mass is 168 g/mol. The third kappa shape index (κ3) is 1.99. The summed E-state index contributed by atoms with van der Waals surface area (Å²) in [5.74, 6) is 0. The van der Waals surface area contributed by atoms with E-state index in [9.17, 15) is 0 Å². The maximum atomic E-state index is 3.48. The molecule has 0 amide bonds. The fourth-order valence-electron chi connectivity index (χ4n) is 2.07. The minimum absolute atomic E-state index is 0.692. The van der Waals surface area contributed by atoms with Crippen LogP contribution in [0.15, 0.2) is 0 Å². The van der Waals surface area contributed by atoms with Crippen molar-refractivity contribution in [2.45, 2.75) is 32.7 Å². The Hall–Kier alpha value is -0.0800. The van der Waals surface area contributed by atoms with Gasteiger partial charge in [-0.1, -0.05) is 6.92 Å². The van der Waals surface area contributed by atoms with E-state index in [2.05, 4.69) is 24.1 Å². The first-order chi connectivity index (χ1) is 5.68. The Morgan fingerprint density at radius 3 is 2.83 bits per heavy atom. The van der Waals surface area contributed by atoms with Crippen LogP contribution in [0.5, 0.6) is 0 Å². The lowest BCUT2D eigenvalue weighted by atomic mass is 10.1. The first-order valence-electron chi connectivity index (χ1n) is 5.14. The highest BCUT2D eigenvalue weighted by Crippen LogP contribution is 2.45. The predicted octanol–water partition coefficient (Wildman–Crippen LogP) is 1.08. The summed E-state index contributed by atoms with van der Waals surface area (Å²) in [6.07, 6.45) is 2.90. The second kappa shape index (κ2) is 3.00. The zero-order chi connectivity index (χ0) is 8.60. The fraction of sp³-hybridized carbons (Fsp3) is 1.00. The molecule has 0 radical (unpaired) electrons. The molecule has 0 aromatic heterocycles. The van der Waals surface area contributed by atoms with Gasteiger partial charge in [-0.3, -0.25) is 4.90 Å². The van der Waals surface area contributed by atoms with Crippen molar-refractivity contribution in [1.29, 1.82) is 0 Å². The van der Waals surface area contributed by atoms with Crippen LogP contribution in [0.25, 0.3) is 0 Å². The van der Waals surface area contributed by atoms with Crippen LogP contribution < -0.4 is 5.32 Å². The molecule has 0 bridgehead atoms. The van der Waals surface area contributed by atoms with Gasteiger partial charge in [-0.05, 0) is 25.2 Å². The minimum Gasteiger partial charge on any atom is -0.312 e. The Labute approximate surface area is 75.3 Å². The average Bonchev–Trinajstić information content (AvgIpc) is 2.67. The summed E-state index contributed by atoms with van der Waals surface area (Å²) in [6.45, 7) is 9.70. The first-order valence-corrected chi connectivity index (χ1v) is 5.14. The molecule has 1 N–H and O–H groups in total. The molecule has 1 heterocycles. The van der Waals surface area contributed by atoms with Gasteiger partial charge in [0.05, 0.1) is 0 Å². The molecule has 1 unspecified atom stereocenters. The quantitative estimate of drug-likeness (QED) is 0.664. The standard InChI is InChI=1S/C10H20N2/c1-9-7-12(6-5-11-9)8-10(2)3-4-10/h9,11H,3-8H2,1-2H3. The molecule has 2 nitrogen and oxygen atoms in total. The van der Waals surface area contributed by atoms with Crippen molar-refractivity contribution in [1.82, 2.24) is 10.2 Å². The van der Waals surface area contributed by atoms with Crippen LogP contribution in [0.3, 0.4) is 0 Å². The molecule has 0 aromatic carbocycles. The molecule has 2 fully saturated rings. The normalized spacial score (nSPS) is 35.0. The smallest absolute Gasteiger partial charge is 0.0167 e. The van der Waals surface area contributed by atoms with Crippen LogP contribution in [0.2, 0.25) is 0 Å². The SMILES string of the molecule is CC1CN(CC2(C)CC2)CCN1. The molecule has 1 aliphatic heterocycles. The lowest BCUT2D eigenvalue weighted by Crippen LogP contribution is -2.50. The Bertz CT molecular complexity index is 163. The molecule has 2 rings (SSSR count). The van der Waals surface area contributed by atoms with Crippen molar-refractivity contribution >= 4 is 0 Å². The zero-order valence-electron chi connectivity index (χ0n) is 8.27. The summed E-state index contributed by atoms with van der Waals surface area (Å²) < 4.78 is 0. The summed E-state index contributed by atoms with van der Waals surface area (Å²) in [5.41, 5.74) is 0.692. The maximum absolute atomic E-state index is 3.48. The molecule has 0 aromatic rings. The van der Waals surface area contributed by atoms with Gasteiger partial charge >= 0.3 is 0 Å². The molecule has 12 heavy (non-hydrogen) atoms. The lowest BCUT2D eigenvalue weighted by Gasteiger charge is -2.33. The topological polar surface area (TPSA) is 15.3 Å². The molecule has 0 spiro atoms. The number of piperazine rings is 1. The minimum atomic E-state index is 0.692. The van der Waals surface area contributed by atoms with Crippen LogP contribution in [-0.4, -0.2) is 37.1 Å². The Morgan fingerprint density at radius 2 is 2.25 bits per heavy atom. The van der Waals surface area contributed by atoms with E-state index in [1.807, 2.05) is 0 Å². The molecule has 1 saturated heterocycles. The Morgan fingerprint density at radius 1 is 1.50 bits per heavy atom. The second-order valence-corrected chi connectivity index (χ2v) is 4.90. The zero-order valence-corrected chi connectivity index (χ0v) is 8.27. The van der Waals surface area contributed by atoms with E-state index in [-0.39, 0.29) is 0 Å². The number of nitrogens with one attached hydrogen (secondary N) is 1. The lowest BCUT2D eigenvalue weighted by molar-refractivity contribution is 0.176. The van der Waals surface area contributed by atoms with E-state index < -0.39 is 0 Å². The van der Waals surface area contributed by atoms with Crippen molar-refractivity contribution in [2.24, 2.45) is 5.41 Å². The third-order valence-electron chi connectivity index (χ3n) is 3.16. The van der Waals surface area contributed by atoms with Crippen LogP contribution in [-0.2, 0) is 0 Å². The first kappa shape index (κ1) is 8.52. The van der Waals surface area contributed by atoms with Gasteiger partial charge in [0.2, 0.25) is 0 Å². The fourth-order valence-corrected chi connectivity index (χ4v) is 2.07. The van der Waals surface area contributed by atoms with Crippen molar-refractivity contribution in [3.63, 3.8) is 0 Å². The van der Waals surface area contributed by atoms with Gasteiger partial charge in [-0.15, -0.1) is 0 Å². The third-order valence-corrected chi connectivity index (χ3v) is 3.16. The van der Waals surface area contributed by atoms with Crippen LogP contribution >= 0.6 is 0 Å². The molecule has 1 saturated carbocycles. The van der Waals surface area contributed by atoms with Gasteiger partial charge in [-0.2, -0.15) is 0 Å². The number of rotatable bonds is 2. The second-order valence-electron chi connectivity index (χ2n) is 4.90. The van der Waals surface area contributed by atoms with E-state index >= 15 is 0 Å². The molecule has 1 aliphatic carbocycles. The molecular formula is C10H20N2. The van der Waals surface area contributed by atoms with Gasteiger partial charge < -0.3 is 5.32 Å². The van der Waals surface area contributed by atoms with Crippen molar-refractivity contribution in [3.05, 3.63) is 0 Å². The highest BCUT2D eigenvalue weighted by atomic mass is 15.2. The maximum Gasteiger partial charge on any atom is 0.0167 e. The summed E-state index contributed by atoms with van der Waals surface area (Å²) in [5, 5.41) is 3.48. The van der Waals surface area contributed by atoms with Gasteiger partial charge in [0.1, 0.15) is 0 Å². The van der Waals surface area contributed by atoms with Crippen LogP contribution in [0.1, 0.15) is 26.7 Å². The van der Waals surface area contributed by atoms with E-state index in [0.717, 1.165) is 0 Å². The number of hydrogen-bond donors (Lipinski definition) is 1. The molecule has 70 valence electrons. The summed E-state index contributed by atoms with van der Waals surface area (Å²) in [7, 11) is 0. The van der Waals surface area contributed by atoms with Crippen molar-refractivity contribution in [2.75, 3.05) is 26.2 Å². The Kier molecular flexibility index (Phi) is 2.13. The van der Waals surface area contributed by atoms with Gasteiger partial charge in [0.15, 0.2) is 0 Å². The number of nitrogens with zero attached hydrogens (tertiary/aromatic N) is 1. The summed E-state index contributed by atoms with van der Waals surface area (Å²) >= 11 is 0. The van der Waals surface area contributed by atoms with E-state index in [4.69, 9.17) is 0 Å². The van der Waals surface area contributed by atoms with Gasteiger partial charge in [-0.25, -0.2) is 0 Å². The van der Waals surface area contributed by atoms with Gasteiger partial charge in [0, 0.05) is 32.2 Å². The molecule has 2 aliphatic rings.